The number of amides is 1. The predicted molar refractivity (Wildman–Crippen MR) is 124 cm³/mol. The van der Waals surface area contributed by atoms with Crippen molar-refractivity contribution in [3.63, 3.8) is 0 Å². The van der Waals surface area contributed by atoms with E-state index in [9.17, 15) is 14.9 Å². The van der Waals surface area contributed by atoms with Crippen molar-refractivity contribution in [2.75, 3.05) is 5.32 Å². The van der Waals surface area contributed by atoms with E-state index in [2.05, 4.69) is 5.32 Å². The number of anilines is 1. The molecule has 1 saturated carbocycles. The van der Waals surface area contributed by atoms with Gasteiger partial charge in [-0.25, -0.2) is 0 Å². The van der Waals surface area contributed by atoms with E-state index in [-0.39, 0.29) is 11.6 Å². The second-order valence-electron chi connectivity index (χ2n) is 8.20. The zero-order valence-electron chi connectivity index (χ0n) is 17.8. The van der Waals surface area contributed by atoms with Gasteiger partial charge < -0.3 is 10.1 Å². The fourth-order valence-electron chi connectivity index (χ4n) is 4.33. The van der Waals surface area contributed by atoms with E-state index >= 15 is 0 Å². The lowest BCUT2D eigenvalue weighted by atomic mass is 9.68. The van der Waals surface area contributed by atoms with E-state index in [1.54, 1.807) is 12.1 Å². The number of hydrogen-bond acceptors (Lipinski definition) is 4. The SMILES string of the molecule is O=C(Nc1ccc(OCc2ccccc2)cc1)C1(c2ccc([N+](=O)[O-])cc2)CCCCC1. The van der Waals surface area contributed by atoms with Gasteiger partial charge in [-0.05, 0) is 48.2 Å². The maximum atomic E-state index is 13.4. The number of rotatable bonds is 7. The molecule has 1 aliphatic rings. The summed E-state index contributed by atoms with van der Waals surface area (Å²) in [4.78, 5) is 24.0. The van der Waals surface area contributed by atoms with Crippen molar-refractivity contribution < 1.29 is 14.5 Å². The number of nitro groups is 1. The molecule has 0 unspecified atom stereocenters. The zero-order chi connectivity index (χ0) is 22.4. The third kappa shape index (κ3) is 4.80. The molecule has 1 aliphatic carbocycles. The number of ether oxygens (including phenoxy) is 1. The second kappa shape index (κ2) is 9.64. The number of carbonyl (C=O) groups excluding carboxylic acids is 1. The number of hydrogen-bond donors (Lipinski definition) is 1. The van der Waals surface area contributed by atoms with Gasteiger partial charge in [0.2, 0.25) is 5.91 Å². The molecule has 6 heteroatoms. The zero-order valence-corrected chi connectivity index (χ0v) is 17.8. The number of nitrogens with zero attached hydrogens (tertiary/aromatic N) is 1. The van der Waals surface area contributed by atoms with Gasteiger partial charge in [-0.2, -0.15) is 0 Å². The van der Waals surface area contributed by atoms with Crippen LogP contribution in [-0.4, -0.2) is 10.8 Å². The third-order valence-electron chi connectivity index (χ3n) is 6.13. The first-order chi connectivity index (χ1) is 15.6. The summed E-state index contributed by atoms with van der Waals surface area (Å²) in [6.07, 6.45) is 4.46. The molecule has 32 heavy (non-hydrogen) atoms. The molecule has 0 spiro atoms. The van der Waals surface area contributed by atoms with Crippen LogP contribution < -0.4 is 10.1 Å². The average molecular weight is 431 g/mol. The van der Waals surface area contributed by atoms with E-state index < -0.39 is 10.3 Å². The maximum absolute atomic E-state index is 13.4. The van der Waals surface area contributed by atoms with E-state index in [4.69, 9.17) is 4.74 Å². The Morgan fingerprint density at radius 3 is 2.19 bits per heavy atom. The Labute approximate surface area is 187 Å². The van der Waals surface area contributed by atoms with E-state index in [1.165, 1.54) is 12.1 Å². The highest BCUT2D eigenvalue weighted by molar-refractivity contribution is 5.99. The van der Waals surface area contributed by atoms with Crippen molar-refractivity contribution in [3.8, 4) is 5.75 Å². The van der Waals surface area contributed by atoms with Crippen molar-refractivity contribution in [2.45, 2.75) is 44.1 Å². The second-order valence-corrected chi connectivity index (χ2v) is 8.20. The van der Waals surface area contributed by atoms with E-state index in [0.29, 0.717) is 12.3 Å². The van der Waals surface area contributed by atoms with E-state index in [1.807, 2.05) is 54.6 Å². The molecule has 0 aromatic heterocycles. The Morgan fingerprint density at radius 1 is 0.906 bits per heavy atom. The lowest BCUT2D eigenvalue weighted by Crippen LogP contribution is -2.42. The van der Waals surface area contributed by atoms with Crippen LogP contribution in [0.4, 0.5) is 11.4 Å². The highest BCUT2D eigenvalue weighted by Crippen LogP contribution is 2.41. The molecule has 0 radical (unpaired) electrons. The van der Waals surface area contributed by atoms with Crippen LogP contribution in [0.2, 0.25) is 0 Å². The Bertz CT molecular complexity index is 1060. The van der Waals surface area contributed by atoms with Crippen molar-refractivity contribution in [3.05, 3.63) is 100 Å². The molecule has 164 valence electrons. The smallest absolute Gasteiger partial charge is 0.269 e. The fourth-order valence-corrected chi connectivity index (χ4v) is 4.33. The molecule has 1 fully saturated rings. The van der Waals surface area contributed by atoms with Gasteiger partial charge in [0.1, 0.15) is 12.4 Å². The first-order valence-electron chi connectivity index (χ1n) is 10.9. The van der Waals surface area contributed by atoms with Gasteiger partial charge in [0.05, 0.1) is 10.3 Å². The van der Waals surface area contributed by atoms with Gasteiger partial charge in [0, 0.05) is 17.8 Å². The standard InChI is InChI=1S/C26H26N2O4/c29-25(26(17-5-2-6-18-26)21-9-13-23(14-10-21)28(30)31)27-22-11-15-24(16-12-22)32-19-20-7-3-1-4-8-20/h1,3-4,7-16H,2,5-6,17-19H2,(H,27,29). The minimum atomic E-state index is -0.671. The number of nitrogens with one attached hydrogen (secondary N) is 1. The normalized spacial score (nSPS) is 15.0. The quantitative estimate of drug-likeness (QED) is 0.367. The highest BCUT2D eigenvalue weighted by Gasteiger charge is 2.41. The number of carbonyl (C=O) groups is 1. The molecule has 3 aromatic rings. The number of non-ortho nitro benzene ring substituents is 1. The molecule has 6 nitrogen and oxygen atoms in total. The fraction of sp³-hybridized carbons (Fsp3) is 0.269. The summed E-state index contributed by atoms with van der Waals surface area (Å²) in [6, 6.07) is 23.7. The topological polar surface area (TPSA) is 81.5 Å². The van der Waals surface area contributed by atoms with Crippen molar-refractivity contribution >= 4 is 17.3 Å². The molecule has 0 heterocycles. The summed E-state index contributed by atoms with van der Waals surface area (Å²) in [5.74, 6) is 0.665. The summed E-state index contributed by atoms with van der Waals surface area (Å²) < 4.78 is 5.82. The Balaban J connectivity index is 1.46. The van der Waals surface area contributed by atoms with Crippen LogP contribution >= 0.6 is 0 Å². The molecule has 1 N–H and O–H groups in total. The molecular weight excluding hydrogens is 404 g/mol. The third-order valence-corrected chi connectivity index (χ3v) is 6.13. The summed E-state index contributed by atoms with van der Waals surface area (Å²) in [5.41, 5.74) is 1.99. The van der Waals surface area contributed by atoms with Gasteiger partial charge in [-0.15, -0.1) is 0 Å². The van der Waals surface area contributed by atoms with Crippen LogP contribution in [0.1, 0.15) is 43.2 Å². The van der Waals surface area contributed by atoms with Crippen LogP contribution in [-0.2, 0) is 16.8 Å². The molecular formula is C26H26N2O4. The maximum Gasteiger partial charge on any atom is 0.269 e. The Kier molecular flexibility index (Phi) is 6.50. The minimum absolute atomic E-state index is 0.0335. The minimum Gasteiger partial charge on any atom is -0.489 e. The van der Waals surface area contributed by atoms with Crippen molar-refractivity contribution in [1.82, 2.24) is 0 Å². The number of nitro benzene ring substituents is 1. The number of benzene rings is 3. The van der Waals surface area contributed by atoms with Crippen LogP contribution in [0.3, 0.4) is 0 Å². The van der Waals surface area contributed by atoms with Crippen LogP contribution in [0.15, 0.2) is 78.9 Å². The lowest BCUT2D eigenvalue weighted by molar-refractivity contribution is -0.384. The summed E-state index contributed by atoms with van der Waals surface area (Å²) in [6.45, 7) is 0.482. The van der Waals surface area contributed by atoms with Gasteiger partial charge in [0.15, 0.2) is 0 Å². The highest BCUT2D eigenvalue weighted by atomic mass is 16.6. The molecule has 3 aromatic carbocycles. The van der Waals surface area contributed by atoms with Crippen LogP contribution in [0, 0.1) is 10.1 Å². The average Bonchev–Trinajstić information content (AvgIpc) is 2.84. The van der Waals surface area contributed by atoms with Gasteiger partial charge in [-0.3, -0.25) is 14.9 Å². The van der Waals surface area contributed by atoms with Gasteiger partial charge in [0.25, 0.3) is 5.69 Å². The largest absolute Gasteiger partial charge is 0.489 e. The van der Waals surface area contributed by atoms with Crippen molar-refractivity contribution in [1.29, 1.82) is 0 Å². The molecule has 0 aliphatic heterocycles. The summed E-state index contributed by atoms with van der Waals surface area (Å²) in [5, 5.41) is 14.1. The van der Waals surface area contributed by atoms with Gasteiger partial charge in [-0.1, -0.05) is 61.7 Å². The monoisotopic (exact) mass is 430 g/mol. The van der Waals surface area contributed by atoms with Crippen molar-refractivity contribution in [2.24, 2.45) is 0 Å². The lowest BCUT2D eigenvalue weighted by Gasteiger charge is -2.36. The van der Waals surface area contributed by atoms with Crippen LogP contribution in [0.25, 0.3) is 0 Å². The van der Waals surface area contributed by atoms with E-state index in [0.717, 1.165) is 49.0 Å². The predicted octanol–water partition coefficient (Wildman–Crippen LogP) is 6.01. The first kappa shape index (κ1) is 21.6. The molecule has 4 rings (SSSR count). The first-order valence-corrected chi connectivity index (χ1v) is 10.9. The van der Waals surface area contributed by atoms with Crippen LogP contribution in [0.5, 0.6) is 5.75 Å². The molecule has 0 saturated heterocycles. The molecule has 1 amide bonds. The summed E-state index contributed by atoms with van der Waals surface area (Å²) >= 11 is 0. The molecule has 0 atom stereocenters. The Morgan fingerprint density at radius 2 is 1.56 bits per heavy atom. The van der Waals surface area contributed by atoms with Gasteiger partial charge >= 0.3 is 0 Å². The molecule has 0 bridgehead atoms. The Hall–Kier alpha value is -3.67. The summed E-state index contributed by atoms with van der Waals surface area (Å²) in [7, 11) is 0.